The zero-order valence-electron chi connectivity index (χ0n) is 8.16. The van der Waals surface area contributed by atoms with Crippen molar-refractivity contribution in [3.05, 3.63) is 16.6 Å². The third-order valence-electron chi connectivity index (χ3n) is 2.13. The Morgan fingerprint density at radius 2 is 2.40 bits per heavy atom. The minimum absolute atomic E-state index is 0.119. The van der Waals surface area contributed by atoms with E-state index in [4.69, 9.17) is 4.74 Å². The van der Waals surface area contributed by atoms with Crippen LogP contribution < -0.4 is 15.0 Å². The molecule has 1 aliphatic heterocycles. The molecule has 2 amide bonds. The summed E-state index contributed by atoms with van der Waals surface area (Å²) in [6.07, 6.45) is 0. The van der Waals surface area contributed by atoms with Gasteiger partial charge in [-0.3, -0.25) is 4.90 Å². The van der Waals surface area contributed by atoms with Crippen LogP contribution in [0.25, 0.3) is 0 Å². The zero-order valence-corrected chi connectivity index (χ0v) is 9.74. The standard InChI is InChI=1S/C9H10BrN3O2/c1-15-8-6(10)2-3-7(12-8)13-5-4-11-9(13)14/h2-3H,4-5H2,1H3,(H,11,14). The molecule has 15 heavy (non-hydrogen) atoms. The number of nitrogens with zero attached hydrogens (tertiary/aromatic N) is 2. The minimum Gasteiger partial charge on any atom is -0.480 e. The number of hydrogen-bond acceptors (Lipinski definition) is 3. The van der Waals surface area contributed by atoms with Gasteiger partial charge >= 0.3 is 6.03 Å². The van der Waals surface area contributed by atoms with Gasteiger partial charge in [0.15, 0.2) is 0 Å². The van der Waals surface area contributed by atoms with Crippen LogP contribution in [0.5, 0.6) is 5.88 Å². The average Bonchev–Trinajstić information content (AvgIpc) is 2.65. The number of carbonyl (C=O) groups is 1. The Hall–Kier alpha value is -1.30. The van der Waals surface area contributed by atoms with Crippen LogP contribution in [-0.2, 0) is 0 Å². The van der Waals surface area contributed by atoms with E-state index in [2.05, 4.69) is 26.2 Å². The summed E-state index contributed by atoms with van der Waals surface area (Å²) in [6.45, 7) is 1.29. The maximum Gasteiger partial charge on any atom is 0.323 e. The highest BCUT2D eigenvalue weighted by Gasteiger charge is 2.22. The number of carbonyl (C=O) groups excluding carboxylic acids is 1. The highest BCUT2D eigenvalue weighted by molar-refractivity contribution is 9.10. The molecule has 1 saturated heterocycles. The molecule has 6 heteroatoms. The summed E-state index contributed by atoms with van der Waals surface area (Å²) in [4.78, 5) is 17.2. The second kappa shape index (κ2) is 4.06. The molecule has 0 spiro atoms. The molecule has 0 aliphatic carbocycles. The third-order valence-corrected chi connectivity index (χ3v) is 2.73. The van der Waals surface area contributed by atoms with Gasteiger partial charge in [0.05, 0.1) is 11.6 Å². The molecule has 5 nitrogen and oxygen atoms in total. The van der Waals surface area contributed by atoms with Crippen LogP contribution in [-0.4, -0.2) is 31.2 Å². The maximum absolute atomic E-state index is 11.4. The average molecular weight is 272 g/mol. The molecule has 0 unspecified atom stereocenters. The predicted octanol–water partition coefficient (Wildman–Crippen LogP) is 1.38. The quantitative estimate of drug-likeness (QED) is 0.885. The van der Waals surface area contributed by atoms with Crippen molar-refractivity contribution in [2.75, 3.05) is 25.1 Å². The summed E-state index contributed by atoms with van der Waals surface area (Å²) in [5.74, 6) is 1.08. The van der Waals surface area contributed by atoms with E-state index in [0.29, 0.717) is 24.8 Å². The maximum atomic E-state index is 11.4. The fraction of sp³-hybridized carbons (Fsp3) is 0.333. The molecule has 0 aromatic carbocycles. The number of aromatic nitrogens is 1. The van der Waals surface area contributed by atoms with E-state index < -0.39 is 0 Å². The fourth-order valence-corrected chi connectivity index (χ4v) is 1.78. The van der Waals surface area contributed by atoms with E-state index in [1.807, 2.05) is 6.07 Å². The zero-order chi connectivity index (χ0) is 10.8. The Morgan fingerprint density at radius 1 is 1.60 bits per heavy atom. The van der Waals surface area contributed by atoms with Gasteiger partial charge in [0.25, 0.3) is 0 Å². The Balaban J connectivity index is 2.32. The lowest BCUT2D eigenvalue weighted by Crippen LogP contribution is -2.28. The van der Waals surface area contributed by atoms with E-state index in [9.17, 15) is 4.79 Å². The van der Waals surface area contributed by atoms with Crippen LogP contribution in [0.4, 0.5) is 10.6 Å². The van der Waals surface area contributed by atoms with Gasteiger partial charge in [0.2, 0.25) is 5.88 Å². The van der Waals surface area contributed by atoms with Crippen LogP contribution in [0.3, 0.4) is 0 Å². The number of urea groups is 1. The largest absolute Gasteiger partial charge is 0.480 e. The Bertz CT molecular complexity index is 397. The summed E-state index contributed by atoms with van der Waals surface area (Å²) in [5, 5.41) is 2.71. The number of anilines is 1. The number of pyridine rings is 1. The highest BCUT2D eigenvalue weighted by Crippen LogP contribution is 2.26. The molecule has 0 radical (unpaired) electrons. The predicted molar refractivity (Wildman–Crippen MR) is 59.2 cm³/mol. The normalized spacial score (nSPS) is 15.3. The van der Waals surface area contributed by atoms with E-state index in [1.54, 1.807) is 18.1 Å². The monoisotopic (exact) mass is 271 g/mol. The third kappa shape index (κ3) is 1.90. The van der Waals surface area contributed by atoms with E-state index in [0.717, 1.165) is 4.47 Å². The molecule has 1 aliphatic rings. The van der Waals surface area contributed by atoms with Gasteiger partial charge in [-0.15, -0.1) is 0 Å². The van der Waals surface area contributed by atoms with Crippen molar-refractivity contribution in [3.8, 4) is 5.88 Å². The van der Waals surface area contributed by atoms with Crippen LogP contribution in [0.2, 0.25) is 0 Å². The summed E-state index contributed by atoms with van der Waals surface area (Å²) in [6, 6.07) is 3.47. The first kappa shape index (κ1) is 10.2. The molecule has 0 atom stereocenters. The molecule has 2 rings (SSSR count). The van der Waals surface area contributed by atoms with Gasteiger partial charge < -0.3 is 10.1 Å². The van der Waals surface area contributed by atoms with Crippen molar-refractivity contribution in [2.45, 2.75) is 0 Å². The van der Waals surface area contributed by atoms with Crippen LogP contribution in [0.1, 0.15) is 0 Å². The van der Waals surface area contributed by atoms with Gasteiger partial charge in [-0.05, 0) is 28.1 Å². The van der Waals surface area contributed by atoms with Crippen molar-refractivity contribution in [2.24, 2.45) is 0 Å². The first-order chi connectivity index (χ1) is 7.22. The second-order valence-electron chi connectivity index (χ2n) is 3.04. The lowest BCUT2D eigenvalue weighted by Gasteiger charge is -2.14. The molecule has 1 fully saturated rings. The Kier molecular flexibility index (Phi) is 2.77. The van der Waals surface area contributed by atoms with Gasteiger partial charge in [0, 0.05) is 13.1 Å². The lowest BCUT2D eigenvalue weighted by atomic mass is 10.4. The van der Waals surface area contributed by atoms with Crippen molar-refractivity contribution in [1.29, 1.82) is 0 Å². The first-order valence-corrected chi connectivity index (χ1v) is 5.27. The van der Waals surface area contributed by atoms with Crippen LogP contribution >= 0.6 is 15.9 Å². The van der Waals surface area contributed by atoms with E-state index >= 15 is 0 Å². The molecule has 80 valence electrons. The molecule has 1 N–H and O–H groups in total. The summed E-state index contributed by atoms with van der Waals surface area (Å²) in [5.41, 5.74) is 0. The van der Waals surface area contributed by atoms with Crippen molar-refractivity contribution >= 4 is 27.8 Å². The van der Waals surface area contributed by atoms with Crippen LogP contribution in [0, 0.1) is 0 Å². The molecule has 1 aromatic heterocycles. The fourth-order valence-electron chi connectivity index (χ4n) is 1.40. The van der Waals surface area contributed by atoms with Gasteiger partial charge in [-0.25, -0.2) is 4.79 Å². The number of nitrogens with one attached hydrogen (secondary N) is 1. The van der Waals surface area contributed by atoms with E-state index in [-0.39, 0.29) is 6.03 Å². The number of amides is 2. The second-order valence-corrected chi connectivity index (χ2v) is 3.90. The smallest absolute Gasteiger partial charge is 0.323 e. The Labute approximate surface area is 95.6 Å². The van der Waals surface area contributed by atoms with Crippen molar-refractivity contribution < 1.29 is 9.53 Å². The lowest BCUT2D eigenvalue weighted by molar-refractivity contribution is 0.252. The van der Waals surface area contributed by atoms with Gasteiger partial charge in [0.1, 0.15) is 5.82 Å². The van der Waals surface area contributed by atoms with Gasteiger partial charge in [-0.1, -0.05) is 0 Å². The SMILES string of the molecule is COc1nc(N2CCNC2=O)ccc1Br. The molecule has 0 bridgehead atoms. The number of hydrogen-bond donors (Lipinski definition) is 1. The van der Waals surface area contributed by atoms with Crippen molar-refractivity contribution in [3.63, 3.8) is 0 Å². The number of halogens is 1. The van der Waals surface area contributed by atoms with Gasteiger partial charge in [-0.2, -0.15) is 4.98 Å². The Morgan fingerprint density at radius 3 is 3.00 bits per heavy atom. The number of rotatable bonds is 2. The minimum atomic E-state index is -0.119. The number of ether oxygens (including phenoxy) is 1. The molecule has 0 saturated carbocycles. The first-order valence-electron chi connectivity index (χ1n) is 4.48. The summed E-state index contributed by atoms with van der Waals surface area (Å²) in [7, 11) is 1.54. The summed E-state index contributed by atoms with van der Waals surface area (Å²) < 4.78 is 5.84. The van der Waals surface area contributed by atoms with E-state index in [1.165, 1.54) is 0 Å². The number of methoxy groups -OCH3 is 1. The molecule has 1 aromatic rings. The summed E-state index contributed by atoms with van der Waals surface area (Å²) >= 11 is 3.31. The topological polar surface area (TPSA) is 54.5 Å². The molecular weight excluding hydrogens is 262 g/mol. The molecule has 2 heterocycles. The highest BCUT2D eigenvalue weighted by atomic mass is 79.9. The molecular formula is C9H10BrN3O2. The van der Waals surface area contributed by atoms with Crippen LogP contribution in [0.15, 0.2) is 16.6 Å². The van der Waals surface area contributed by atoms with Crippen molar-refractivity contribution in [1.82, 2.24) is 10.3 Å².